The van der Waals surface area contributed by atoms with Crippen molar-refractivity contribution in [2.24, 2.45) is 0 Å². The van der Waals surface area contributed by atoms with Crippen molar-refractivity contribution in [3.05, 3.63) is 126 Å². The minimum Gasteiger partial charge on any atom is -0.457 e. The quantitative estimate of drug-likeness (QED) is 0.373. The molecule has 30 heavy (non-hydrogen) atoms. The van der Waals surface area contributed by atoms with Crippen LogP contribution in [0.2, 0.25) is 0 Å². The van der Waals surface area contributed by atoms with Gasteiger partial charge >= 0.3 is 5.97 Å². The van der Waals surface area contributed by atoms with Crippen LogP contribution in [0.5, 0.6) is 0 Å². The van der Waals surface area contributed by atoms with Crippen LogP contribution in [0.15, 0.2) is 109 Å². The summed E-state index contributed by atoms with van der Waals surface area (Å²) in [6.45, 7) is 0.947. The van der Waals surface area contributed by atoms with E-state index in [1.54, 1.807) is 6.07 Å². The largest absolute Gasteiger partial charge is 0.457 e. The molecule has 0 fully saturated rings. The Kier molecular flexibility index (Phi) is 6.21. The molecule has 0 aliphatic carbocycles. The number of anilines is 1. The monoisotopic (exact) mass is 393 g/mol. The lowest BCUT2D eigenvalue weighted by molar-refractivity contribution is 0.0473. The predicted octanol–water partition coefficient (Wildman–Crippen LogP) is 6.32. The Hall–Kier alpha value is -3.85. The Labute approximate surface area is 177 Å². The van der Waals surface area contributed by atoms with Crippen LogP contribution in [0.4, 0.5) is 5.69 Å². The van der Waals surface area contributed by atoms with Gasteiger partial charge in [-0.25, -0.2) is 4.79 Å². The van der Waals surface area contributed by atoms with E-state index in [0.29, 0.717) is 12.1 Å². The van der Waals surface area contributed by atoms with Gasteiger partial charge in [0, 0.05) is 12.2 Å². The SMILES string of the molecule is O=C(OCc1ccccc1)c1cccc(NCc2ccc(-c3ccccc3)cc2)c1. The van der Waals surface area contributed by atoms with Crippen molar-refractivity contribution in [1.82, 2.24) is 0 Å². The summed E-state index contributed by atoms with van der Waals surface area (Å²) in [6.07, 6.45) is 0. The summed E-state index contributed by atoms with van der Waals surface area (Å²) in [4.78, 5) is 12.4. The summed E-state index contributed by atoms with van der Waals surface area (Å²) in [7, 11) is 0. The molecule has 0 saturated heterocycles. The van der Waals surface area contributed by atoms with Crippen molar-refractivity contribution in [1.29, 1.82) is 0 Å². The number of carbonyl (C=O) groups excluding carboxylic acids is 1. The maximum absolute atomic E-state index is 12.4. The van der Waals surface area contributed by atoms with E-state index in [1.807, 2.05) is 66.7 Å². The average Bonchev–Trinajstić information content (AvgIpc) is 2.83. The first kappa shape index (κ1) is 19.5. The lowest BCUT2D eigenvalue weighted by Gasteiger charge is -2.10. The van der Waals surface area contributed by atoms with Gasteiger partial charge in [-0.15, -0.1) is 0 Å². The predicted molar refractivity (Wildman–Crippen MR) is 121 cm³/mol. The summed E-state index contributed by atoms with van der Waals surface area (Å²) < 4.78 is 5.42. The van der Waals surface area contributed by atoms with Crippen molar-refractivity contribution in [2.75, 3.05) is 5.32 Å². The molecule has 0 aliphatic rings. The first-order chi connectivity index (χ1) is 14.8. The molecule has 0 spiro atoms. The standard InChI is InChI=1S/C27H23NO2/c29-27(30-20-22-8-3-1-4-9-22)25-12-7-13-26(18-25)28-19-21-14-16-24(17-15-21)23-10-5-2-6-11-23/h1-18,28H,19-20H2. The number of nitrogens with one attached hydrogen (secondary N) is 1. The first-order valence-corrected chi connectivity index (χ1v) is 9.97. The van der Waals surface area contributed by atoms with Crippen LogP contribution in [0.3, 0.4) is 0 Å². The van der Waals surface area contributed by atoms with Crippen LogP contribution in [0, 0.1) is 0 Å². The number of hydrogen-bond acceptors (Lipinski definition) is 3. The number of esters is 1. The molecular formula is C27H23NO2. The average molecular weight is 393 g/mol. The zero-order chi connectivity index (χ0) is 20.6. The van der Waals surface area contributed by atoms with Crippen molar-refractivity contribution in [2.45, 2.75) is 13.2 Å². The highest BCUT2D eigenvalue weighted by atomic mass is 16.5. The summed E-state index contributed by atoms with van der Waals surface area (Å²) in [5.41, 5.74) is 5.97. The zero-order valence-corrected chi connectivity index (χ0v) is 16.6. The van der Waals surface area contributed by atoms with Crippen LogP contribution >= 0.6 is 0 Å². The number of hydrogen-bond donors (Lipinski definition) is 1. The highest BCUT2D eigenvalue weighted by Crippen LogP contribution is 2.20. The minimum absolute atomic E-state index is 0.269. The van der Waals surface area contributed by atoms with Crippen LogP contribution < -0.4 is 5.32 Å². The van der Waals surface area contributed by atoms with Gasteiger partial charge in [-0.05, 0) is 40.5 Å². The molecule has 0 radical (unpaired) electrons. The summed E-state index contributed by atoms with van der Waals surface area (Å²) in [6, 6.07) is 35.9. The Bertz CT molecular complexity index is 1090. The fourth-order valence-electron chi connectivity index (χ4n) is 3.21. The molecule has 0 aliphatic heterocycles. The fraction of sp³-hybridized carbons (Fsp3) is 0.0741. The van der Waals surface area contributed by atoms with Crippen LogP contribution in [0.1, 0.15) is 21.5 Å². The van der Waals surface area contributed by atoms with E-state index in [2.05, 4.69) is 41.7 Å². The van der Waals surface area contributed by atoms with E-state index in [0.717, 1.165) is 11.3 Å². The fourth-order valence-corrected chi connectivity index (χ4v) is 3.21. The van der Waals surface area contributed by atoms with Crippen LogP contribution in [0.25, 0.3) is 11.1 Å². The Morgan fingerprint density at radius 3 is 2.07 bits per heavy atom. The van der Waals surface area contributed by atoms with Gasteiger partial charge in [0.1, 0.15) is 6.61 Å². The van der Waals surface area contributed by atoms with Gasteiger partial charge in [0.05, 0.1) is 5.56 Å². The van der Waals surface area contributed by atoms with E-state index in [9.17, 15) is 4.79 Å². The molecule has 4 aromatic carbocycles. The number of ether oxygens (including phenoxy) is 1. The van der Waals surface area contributed by atoms with Gasteiger partial charge in [0.25, 0.3) is 0 Å². The third-order valence-electron chi connectivity index (χ3n) is 4.87. The lowest BCUT2D eigenvalue weighted by atomic mass is 10.0. The number of carbonyl (C=O) groups is 1. The summed E-state index contributed by atoms with van der Waals surface area (Å²) >= 11 is 0. The van der Waals surface area contributed by atoms with E-state index < -0.39 is 0 Å². The molecule has 0 bridgehead atoms. The molecule has 148 valence electrons. The molecule has 0 amide bonds. The van der Waals surface area contributed by atoms with Crippen LogP contribution in [-0.4, -0.2) is 5.97 Å². The molecule has 3 nitrogen and oxygen atoms in total. The maximum Gasteiger partial charge on any atom is 0.338 e. The number of benzene rings is 4. The summed E-state index contributed by atoms with van der Waals surface area (Å²) in [5, 5.41) is 3.38. The molecule has 4 rings (SSSR count). The second kappa shape index (κ2) is 9.57. The third-order valence-corrected chi connectivity index (χ3v) is 4.87. The number of rotatable bonds is 7. The first-order valence-electron chi connectivity index (χ1n) is 9.97. The van der Waals surface area contributed by atoms with Gasteiger partial charge in [-0.3, -0.25) is 0 Å². The third kappa shape index (κ3) is 5.15. The van der Waals surface area contributed by atoms with Gasteiger partial charge in [-0.1, -0.05) is 91.0 Å². The highest BCUT2D eigenvalue weighted by Gasteiger charge is 2.08. The van der Waals surface area contributed by atoms with Crippen molar-refractivity contribution < 1.29 is 9.53 Å². The van der Waals surface area contributed by atoms with Gasteiger partial charge in [-0.2, -0.15) is 0 Å². The van der Waals surface area contributed by atoms with Gasteiger partial charge in [0.2, 0.25) is 0 Å². The Balaban J connectivity index is 1.34. The van der Waals surface area contributed by atoms with Crippen molar-refractivity contribution >= 4 is 11.7 Å². The Morgan fingerprint density at radius 1 is 0.667 bits per heavy atom. The molecule has 0 atom stereocenters. The lowest BCUT2D eigenvalue weighted by Crippen LogP contribution is -2.06. The van der Waals surface area contributed by atoms with Gasteiger partial charge in [0.15, 0.2) is 0 Å². The summed E-state index contributed by atoms with van der Waals surface area (Å²) in [5.74, 6) is -0.324. The maximum atomic E-state index is 12.4. The molecule has 0 aromatic heterocycles. The second-order valence-electron chi connectivity index (χ2n) is 7.06. The normalized spacial score (nSPS) is 10.4. The molecular weight excluding hydrogens is 370 g/mol. The molecule has 0 unspecified atom stereocenters. The highest BCUT2D eigenvalue weighted by molar-refractivity contribution is 5.90. The zero-order valence-electron chi connectivity index (χ0n) is 16.6. The van der Waals surface area contributed by atoms with Gasteiger partial charge < -0.3 is 10.1 Å². The molecule has 4 aromatic rings. The minimum atomic E-state index is -0.324. The van der Waals surface area contributed by atoms with Crippen LogP contribution in [-0.2, 0) is 17.9 Å². The van der Waals surface area contributed by atoms with E-state index in [1.165, 1.54) is 16.7 Å². The molecule has 3 heteroatoms. The Morgan fingerprint density at radius 2 is 1.33 bits per heavy atom. The van der Waals surface area contributed by atoms with Crippen molar-refractivity contribution in [3.8, 4) is 11.1 Å². The topological polar surface area (TPSA) is 38.3 Å². The second-order valence-corrected chi connectivity index (χ2v) is 7.06. The van der Waals surface area contributed by atoms with E-state index in [-0.39, 0.29) is 12.6 Å². The molecule has 0 saturated carbocycles. The van der Waals surface area contributed by atoms with E-state index in [4.69, 9.17) is 4.74 Å². The molecule has 1 N–H and O–H groups in total. The molecule has 0 heterocycles. The van der Waals surface area contributed by atoms with Crippen molar-refractivity contribution in [3.63, 3.8) is 0 Å². The van der Waals surface area contributed by atoms with E-state index >= 15 is 0 Å². The smallest absolute Gasteiger partial charge is 0.338 e.